The van der Waals surface area contributed by atoms with Gasteiger partial charge in [-0.15, -0.1) is 0 Å². The summed E-state index contributed by atoms with van der Waals surface area (Å²) < 4.78 is 37.8. The van der Waals surface area contributed by atoms with Gasteiger partial charge in [-0.25, -0.2) is 18.7 Å². The molecule has 2 aromatic carbocycles. The number of nitrogens with one attached hydrogen (secondary N) is 2. The molecule has 4 fully saturated rings. The average molecular weight is 769 g/mol. The number of ether oxygens (including phenoxy) is 2. The number of benzene rings is 2. The van der Waals surface area contributed by atoms with Gasteiger partial charge in [0, 0.05) is 38.1 Å². The van der Waals surface area contributed by atoms with Crippen molar-refractivity contribution in [2.45, 2.75) is 25.0 Å². The van der Waals surface area contributed by atoms with Gasteiger partial charge in [0.25, 0.3) is 11.8 Å². The lowest BCUT2D eigenvalue weighted by atomic mass is 9.99. The van der Waals surface area contributed by atoms with Gasteiger partial charge in [-0.2, -0.15) is 0 Å². The Bertz CT molecular complexity index is 2000. The van der Waals surface area contributed by atoms with E-state index in [0.29, 0.717) is 97.0 Å². The number of ketones is 2. The molecule has 2 amide bonds. The molecule has 2 aliphatic heterocycles. The first kappa shape index (κ1) is 39.0. The largest absolute Gasteiger partial charge is 0.382 e. The summed E-state index contributed by atoms with van der Waals surface area (Å²) in [6.45, 7) is 2.80. The first-order valence-corrected chi connectivity index (χ1v) is 18.5. The minimum absolute atomic E-state index is 0.0399. The second kappa shape index (κ2) is 16.4. The summed E-state index contributed by atoms with van der Waals surface area (Å²) in [7, 11) is 2.93. The minimum Gasteiger partial charge on any atom is -0.382 e. The van der Waals surface area contributed by atoms with Crippen LogP contribution in [0.15, 0.2) is 72.8 Å². The Hall–Kier alpha value is -5.28. The van der Waals surface area contributed by atoms with Crippen molar-refractivity contribution < 1.29 is 47.6 Å². The van der Waals surface area contributed by atoms with Crippen molar-refractivity contribution in [1.29, 1.82) is 0 Å². The molecule has 0 radical (unpaired) electrons. The van der Waals surface area contributed by atoms with Gasteiger partial charge in [0.05, 0.1) is 37.8 Å². The number of carbonyl (C=O) groups is 4. The third kappa shape index (κ3) is 8.43. The molecule has 56 heavy (non-hydrogen) atoms. The number of pyridine rings is 2. The zero-order valence-corrected chi connectivity index (χ0v) is 30.8. The van der Waals surface area contributed by atoms with Crippen molar-refractivity contribution in [2.24, 2.45) is 35.5 Å². The van der Waals surface area contributed by atoms with Crippen LogP contribution in [0.25, 0.3) is 0 Å². The smallest absolute Gasteiger partial charge is 0.269 e. The summed E-state index contributed by atoms with van der Waals surface area (Å²) in [5, 5.41) is 26.2. The highest BCUT2D eigenvalue weighted by Crippen LogP contribution is 2.53. The summed E-state index contributed by atoms with van der Waals surface area (Å²) in [6.07, 6.45) is -1.74. The quantitative estimate of drug-likeness (QED) is 0.153. The van der Waals surface area contributed by atoms with E-state index in [0.717, 1.165) is 0 Å². The summed E-state index contributed by atoms with van der Waals surface area (Å²) in [5.41, 5.74) is 1.59. The number of aliphatic hydroxyl groups is 2. The van der Waals surface area contributed by atoms with Gasteiger partial charge in [-0.05, 0) is 95.2 Å². The van der Waals surface area contributed by atoms with Gasteiger partial charge in [0.1, 0.15) is 35.2 Å². The minimum atomic E-state index is -1.25. The molecular weight excluding hydrogens is 726 g/mol. The predicted octanol–water partition coefficient (Wildman–Crippen LogP) is 4.25. The van der Waals surface area contributed by atoms with E-state index in [4.69, 9.17) is 9.47 Å². The molecule has 2 saturated carbocycles. The number of Topliss-reactive ketones (excluding diaryl/α,β-unsaturated/α-hetero) is 2. The van der Waals surface area contributed by atoms with Gasteiger partial charge in [-0.3, -0.25) is 19.2 Å². The first-order chi connectivity index (χ1) is 26.9. The van der Waals surface area contributed by atoms with E-state index in [1.54, 1.807) is 12.1 Å². The Kier molecular flexibility index (Phi) is 11.4. The summed E-state index contributed by atoms with van der Waals surface area (Å²) in [5.74, 6) is 0.322. The third-order valence-corrected chi connectivity index (χ3v) is 11.2. The fraction of sp³-hybridized carbons (Fsp3) is 0.381. The van der Waals surface area contributed by atoms with Crippen LogP contribution in [0.2, 0.25) is 0 Å². The predicted molar refractivity (Wildman–Crippen MR) is 197 cm³/mol. The highest BCUT2D eigenvalue weighted by Gasteiger charge is 2.55. The molecule has 4 N–H and O–H groups in total. The number of nitrogens with zero attached hydrogens (tertiary/aromatic N) is 2. The molecule has 2 saturated heterocycles. The number of aliphatic hydroxyl groups excluding tert-OH is 2. The number of halogens is 2. The number of hydrogen-bond acceptors (Lipinski definition) is 10. The molecule has 14 heteroatoms. The zero-order chi connectivity index (χ0) is 39.7. The summed E-state index contributed by atoms with van der Waals surface area (Å²) in [4.78, 5) is 58.2. The molecule has 8 rings (SSSR count). The maximum atomic E-state index is 13.5. The molecule has 4 aliphatic rings. The van der Waals surface area contributed by atoms with Gasteiger partial charge >= 0.3 is 0 Å². The number of amides is 2. The average Bonchev–Trinajstić information content (AvgIpc) is 3.80. The fourth-order valence-electron chi connectivity index (χ4n) is 7.88. The normalized spacial score (nSPS) is 23.8. The van der Waals surface area contributed by atoms with Crippen molar-refractivity contribution in [3.05, 3.63) is 129 Å². The number of rotatable bonds is 12. The van der Waals surface area contributed by atoms with Gasteiger partial charge in [-0.1, -0.05) is 24.3 Å². The molecule has 0 bridgehead atoms. The zero-order valence-electron chi connectivity index (χ0n) is 30.8. The highest BCUT2D eigenvalue weighted by atomic mass is 19.1. The van der Waals surface area contributed by atoms with Crippen LogP contribution in [-0.4, -0.2) is 84.1 Å². The van der Waals surface area contributed by atoms with E-state index in [1.807, 2.05) is 0 Å². The Labute approximate surface area is 321 Å². The van der Waals surface area contributed by atoms with Gasteiger partial charge < -0.3 is 30.3 Å². The lowest BCUT2D eigenvalue weighted by Gasteiger charge is -2.14. The Balaban J connectivity index is 0.000000172. The number of fused-ring (bicyclic) bond motifs is 2. The standard InChI is InChI=1S/2C21H21FN2O4/c2*1-23-21(27)18-7-12(19(25)8-14-15-9-28-10-16(14)15)6-17(24-18)20(26)11-3-2-4-13(22)5-11/h2*2-7,14-16,20,26H,8-10H2,1H3,(H,23,27)/t2*14?,15-,16+,20-/m10/s1. The molecule has 0 spiro atoms. The van der Waals surface area contributed by atoms with Crippen molar-refractivity contribution in [3.63, 3.8) is 0 Å². The monoisotopic (exact) mass is 768 g/mol. The summed E-state index contributed by atoms with van der Waals surface area (Å²) >= 11 is 0. The van der Waals surface area contributed by atoms with Gasteiger partial charge in [0.15, 0.2) is 11.6 Å². The number of carbonyl (C=O) groups excluding carboxylic acids is 4. The maximum Gasteiger partial charge on any atom is 0.269 e. The van der Waals surface area contributed by atoms with Crippen LogP contribution in [-0.2, 0) is 9.47 Å². The van der Waals surface area contributed by atoms with E-state index in [-0.39, 0.29) is 34.3 Å². The van der Waals surface area contributed by atoms with Gasteiger partial charge in [0.2, 0.25) is 0 Å². The van der Waals surface area contributed by atoms with Crippen LogP contribution < -0.4 is 10.6 Å². The van der Waals surface area contributed by atoms with Crippen molar-refractivity contribution in [1.82, 2.24) is 20.6 Å². The molecule has 12 nitrogen and oxygen atoms in total. The SMILES string of the molecule is CNC(=O)c1cc(C(=O)CC2[C@H]3COC[C@@H]23)cc([C@@H](O)c2cccc(F)c2)n1.CNC(=O)c1cc(C(=O)CC2[C@H]3COC[C@@H]23)cc([C@H](O)c2cccc(F)c2)n1. The fourth-order valence-corrected chi connectivity index (χ4v) is 7.88. The molecule has 4 aromatic rings. The number of hydrogen-bond donors (Lipinski definition) is 4. The Morgan fingerprint density at radius 2 is 1.02 bits per heavy atom. The van der Waals surface area contributed by atoms with E-state index >= 15 is 0 Å². The molecule has 2 aliphatic carbocycles. The number of aromatic nitrogens is 2. The third-order valence-electron chi connectivity index (χ3n) is 11.2. The lowest BCUT2D eigenvalue weighted by Crippen LogP contribution is -2.21. The van der Waals surface area contributed by atoms with Crippen LogP contribution in [0.3, 0.4) is 0 Å². The molecule has 2 aromatic heterocycles. The van der Waals surface area contributed by atoms with E-state index in [1.165, 1.54) is 74.8 Å². The molecule has 4 heterocycles. The van der Waals surface area contributed by atoms with Crippen molar-refractivity contribution >= 4 is 23.4 Å². The molecule has 2 unspecified atom stereocenters. The maximum absolute atomic E-state index is 13.5. The first-order valence-electron chi connectivity index (χ1n) is 18.5. The Morgan fingerprint density at radius 3 is 1.36 bits per heavy atom. The topological polar surface area (TPSA) is 177 Å². The Morgan fingerprint density at radius 1 is 0.643 bits per heavy atom. The van der Waals surface area contributed by atoms with Crippen LogP contribution in [0.1, 0.15) is 89.3 Å². The van der Waals surface area contributed by atoms with E-state index in [9.17, 15) is 38.2 Å². The summed E-state index contributed by atoms with van der Waals surface area (Å²) in [6, 6.07) is 16.9. The van der Waals surface area contributed by atoms with Crippen molar-refractivity contribution in [2.75, 3.05) is 40.5 Å². The lowest BCUT2D eigenvalue weighted by molar-refractivity contribution is 0.0936. The highest BCUT2D eigenvalue weighted by molar-refractivity contribution is 6.01. The van der Waals surface area contributed by atoms with E-state index < -0.39 is 35.7 Å². The van der Waals surface area contributed by atoms with Crippen molar-refractivity contribution in [3.8, 4) is 0 Å². The second-order valence-electron chi connectivity index (χ2n) is 14.7. The van der Waals surface area contributed by atoms with Crippen LogP contribution in [0.5, 0.6) is 0 Å². The molecule has 8 atom stereocenters. The van der Waals surface area contributed by atoms with E-state index in [2.05, 4.69) is 20.6 Å². The molecular formula is C42H42F2N4O8. The van der Waals surface area contributed by atoms with Crippen LogP contribution in [0, 0.1) is 47.1 Å². The van der Waals surface area contributed by atoms with Crippen LogP contribution in [0.4, 0.5) is 8.78 Å². The second-order valence-corrected chi connectivity index (χ2v) is 14.7. The van der Waals surface area contributed by atoms with Crippen LogP contribution >= 0.6 is 0 Å². The molecule has 292 valence electrons.